The largest absolute Gasteiger partial charge is 0.490 e. The highest BCUT2D eigenvalue weighted by Gasteiger charge is 2.14. The molecule has 0 aliphatic heterocycles. The Hall–Kier alpha value is -3.02. The first-order valence-electron chi connectivity index (χ1n) is 9.03. The number of anilines is 1. The number of hydrogen-bond acceptors (Lipinski definition) is 5. The maximum absolute atomic E-state index is 12.3. The lowest BCUT2D eigenvalue weighted by atomic mass is 10.1. The van der Waals surface area contributed by atoms with Crippen molar-refractivity contribution in [3.8, 4) is 11.5 Å². The highest BCUT2D eigenvalue weighted by molar-refractivity contribution is 5.96. The van der Waals surface area contributed by atoms with E-state index in [1.54, 1.807) is 18.2 Å². The summed E-state index contributed by atoms with van der Waals surface area (Å²) in [6.07, 6.45) is 0.794. The molecule has 6 nitrogen and oxygen atoms in total. The first-order valence-corrected chi connectivity index (χ1v) is 9.03. The number of carbonyl (C=O) groups excluding carboxylic acids is 2. The third-order valence-electron chi connectivity index (χ3n) is 3.79. The average Bonchev–Trinajstić information content (AvgIpc) is 2.68. The first-order chi connectivity index (χ1) is 13.1. The van der Waals surface area contributed by atoms with Crippen molar-refractivity contribution in [2.75, 3.05) is 25.1 Å². The molecule has 0 bridgehead atoms. The second kappa shape index (κ2) is 10.2. The summed E-state index contributed by atoms with van der Waals surface area (Å²) in [5, 5.41) is 2.76. The predicted octanol–water partition coefficient (Wildman–Crippen LogP) is 3.84. The molecule has 2 rings (SSSR count). The molecule has 0 aliphatic rings. The number of carbonyl (C=O) groups is 2. The van der Waals surface area contributed by atoms with Crippen molar-refractivity contribution in [2.45, 2.75) is 27.2 Å². The number of amides is 1. The lowest BCUT2D eigenvalue weighted by Gasteiger charge is -2.12. The van der Waals surface area contributed by atoms with E-state index < -0.39 is 5.97 Å². The standard InChI is InChI=1S/C21H25NO5/c1-4-15-9-7-8-10-17(15)22-20(23)14-27-21(24)16-11-12-18(25-5-2)19(13-16)26-6-3/h7-13H,4-6,14H2,1-3H3,(H,22,23). The van der Waals surface area contributed by atoms with Crippen molar-refractivity contribution >= 4 is 17.6 Å². The lowest BCUT2D eigenvalue weighted by molar-refractivity contribution is -0.119. The molecular formula is C21H25NO5. The molecule has 0 heterocycles. The molecule has 1 N–H and O–H groups in total. The molecule has 144 valence electrons. The van der Waals surface area contributed by atoms with Crippen LogP contribution in [0.15, 0.2) is 42.5 Å². The number of nitrogens with one attached hydrogen (secondary N) is 1. The Labute approximate surface area is 159 Å². The number of ether oxygens (including phenoxy) is 3. The van der Waals surface area contributed by atoms with E-state index in [9.17, 15) is 9.59 Å². The van der Waals surface area contributed by atoms with E-state index in [4.69, 9.17) is 14.2 Å². The van der Waals surface area contributed by atoms with Crippen LogP contribution in [-0.2, 0) is 16.0 Å². The van der Waals surface area contributed by atoms with Crippen molar-refractivity contribution in [3.05, 3.63) is 53.6 Å². The summed E-state index contributed by atoms with van der Waals surface area (Å²) in [5.74, 6) is 0.0399. The third kappa shape index (κ3) is 5.74. The van der Waals surface area contributed by atoms with Crippen LogP contribution in [0.25, 0.3) is 0 Å². The summed E-state index contributed by atoms with van der Waals surface area (Å²) < 4.78 is 16.1. The van der Waals surface area contributed by atoms with Crippen LogP contribution in [0, 0.1) is 0 Å². The van der Waals surface area contributed by atoms with Gasteiger partial charge in [-0.3, -0.25) is 4.79 Å². The fourth-order valence-corrected chi connectivity index (χ4v) is 2.53. The normalized spacial score (nSPS) is 10.2. The molecule has 0 spiro atoms. The zero-order chi connectivity index (χ0) is 19.6. The number of aryl methyl sites for hydroxylation is 1. The maximum Gasteiger partial charge on any atom is 0.338 e. The summed E-state index contributed by atoms with van der Waals surface area (Å²) >= 11 is 0. The fraction of sp³-hybridized carbons (Fsp3) is 0.333. The monoisotopic (exact) mass is 371 g/mol. The van der Waals surface area contributed by atoms with E-state index in [0.717, 1.165) is 17.7 Å². The molecule has 6 heteroatoms. The van der Waals surface area contributed by atoms with Crippen molar-refractivity contribution in [1.29, 1.82) is 0 Å². The molecule has 0 unspecified atom stereocenters. The van der Waals surface area contributed by atoms with E-state index >= 15 is 0 Å². The predicted molar refractivity (Wildman–Crippen MR) is 104 cm³/mol. The number of esters is 1. The summed E-state index contributed by atoms with van der Waals surface area (Å²) in [6.45, 7) is 6.29. The van der Waals surface area contributed by atoms with Crippen LogP contribution < -0.4 is 14.8 Å². The highest BCUT2D eigenvalue weighted by Crippen LogP contribution is 2.28. The summed E-state index contributed by atoms with van der Waals surface area (Å²) in [6, 6.07) is 12.3. The van der Waals surface area contributed by atoms with Gasteiger partial charge in [0.05, 0.1) is 18.8 Å². The molecule has 0 aromatic heterocycles. The number of benzene rings is 2. The molecule has 0 aliphatic carbocycles. The molecule has 1 amide bonds. The highest BCUT2D eigenvalue weighted by atomic mass is 16.5. The van der Waals surface area contributed by atoms with Gasteiger partial charge in [-0.05, 0) is 50.1 Å². The van der Waals surface area contributed by atoms with Gasteiger partial charge in [0.1, 0.15) is 0 Å². The number of hydrogen-bond donors (Lipinski definition) is 1. The number of para-hydroxylation sites is 1. The van der Waals surface area contributed by atoms with E-state index in [0.29, 0.717) is 30.3 Å². The molecule has 2 aromatic rings. The summed E-state index contributed by atoms with van der Waals surface area (Å²) in [5.41, 5.74) is 2.04. The van der Waals surface area contributed by atoms with Crippen molar-refractivity contribution in [1.82, 2.24) is 0 Å². The van der Waals surface area contributed by atoms with Crippen molar-refractivity contribution in [2.24, 2.45) is 0 Å². The Morgan fingerprint density at radius 2 is 1.63 bits per heavy atom. The zero-order valence-electron chi connectivity index (χ0n) is 15.9. The van der Waals surface area contributed by atoms with Gasteiger partial charge in [0.2, 0.25) is 0 Å². The molecule has 0 atom stereocenters. The van der Waals surface area contributed by atoms with Gasteiger partial charge in [-0.2, -0.15) is 0 Å². The maximum atomic E-state index is 12.3. The third-order valence-corrected chi connectivity index (χ3v) is 3.79. The Morgan fingerprint density at radius 3 is 2.33 bits per heavy atom. The lowest BCUT2D eigenvalue weighted by Crippen LogP contribution is -2.21. The van der Waals surface area contributed by atoms with Gasteiger partial charge in [-0.1, -0.05) is 25.1 Å². The smallest absolute Gasteiger partial charge is 0.338 e. The summed E-state index contributed by atoms with van der Waals surface area (Å²) in [7, 11) is 0. The van der Waals surface area contributed by atoms with E-state index in [1.807, 2.05) is 45.0 Å². The first kappa shape index (κ1) is 20.3. The minimum atomic E-state index is -0.599. The van der Waals surface area contributed by atoms with Crippen LogP contribution in [-0.4, -0.2) is 31.7 Å². The second-order valence-electron chi connectivity index (χ2n) is 5.66. The Balaban J connectivity index is 1.98. The molecule has 0 fully saturated rings. The van der Waals surface area contributed by atoms with Gasteiger partial charge in [0, 0.05) is 5.69 Å². The Kier molecular flexibility index (Phi) is 7.67. The molecule has 0 saturated heterocycles. The quantitative estimate of drug-likeness (QED) is 0.678. The van der Waals surface area contributed by atoms with Crippen LogP contribution >= 0.6 is 0 Å². The fourth-order valence-electron chi connectivity index (χ4n) is 2.53. The molecule has 2 aromatic carbocycles. The van der Waals surface area contributed by atoms with Crippen molar-refractivity contribution in [3.63, 3.8) is 0 Å². The number of rotatable bonds is 9. The van der Waals surface area contributed by atoms with Crippen molar-refractivity contribution < 1.29 is 23.8 Å². The molecular weight excluding hydrogens is 346 g/mol. The molecule has 27 heavy (non-hydrogen) atoms. The van der Waals surface area contributed by atoms with Crippen LogP contribution in [0.2, 0.25) is 0 Å². The van der Waals surface area contributed by atoms with Gasteiger partial charge >= 0.3 is 5.97 Å². The minimum absolute atomic E-state index is 0.295. The molecule has 0 radical (unpaired) electrons. The average molecular weight is 371 g/mol. The Morgan fingerprint density at radius 1 is 0.926 bits per heavy atom. The second-order valence-corrected chi connectivity index (χ2v) is 5.66. The van der Waals surface area contributed by atoms with Gasteiger partial charge in [0.25, 0.3) is 5.91 Å². The minimum Gasteiger partial charge on any atom is -0.490 e. The van der Waals surface area contributed by atoms with E-state index in [-0.39, 0.29) is 12.5 Å². The van der Waals surface area contributed by atoms with Crippen LogP contribution in [0.5, 0.6) is 11.5 Å². The van der Waals surface area contributed by atoms with Crippen LogP contribution in [0.3, 0.4) is 0 Å². The van der Waals surface area contributed by atoms with Gasteiger partial charge < -0.3 is 19.5 Å². The molecule has 0 saturated carbocycles. The van der Waals surface area contributed by atoms with Crippen LogP contribution in [0.1, 0.15) is 36.7 Å². The summed E-state index contributed by atoms with van der Waals surface area (Å²) in [4.78, 5) is 24.3. The van der Waals surface area contributed by atoms with E-state index in [1.165, 1.54) is 0 Å². The van der Waals surface area contributed by atoms with Crippen LogP contribution in [0.4, 0.5) is 5.69 Å². The van der Waals surface area contributed by atoms with Gasteiger partial charge in [0.15, 0.2) is 18.1 Å². The Bertz CT molecular complexity index is 788. The SMILES string of the molecule is CCOc1ccc(C(=O)OCC(=O)Nc2ccccc2CC)cc1OCC. The van der Waals surface area contributed by atoms with E-state index in [2.05, 4.69) is 5.32 Å². The zero-order valence-corrected chi connectivity index (χ0v) is 15.9. The topological polar surface area (TPSA) is 73.9 Å². The van der Waals surface area contributed by atoms with Gasteiger partial charge in [-0.15, -0.1) is 0 Å². The van der Waals surface area contributed by atoms with Gasteiger partial charge in [-0.25, -0.2) is 4.79 Å².